The Bertz CT molecular complexity index is 902. The van der Waals surface area contributed by atoms with Crippen LogP contribution in [0.3, 0.4) is 0 Å². The van der Waals surface area contributed by atoms with Crippen LogP contribution >= 0.6 is 0 Å². The van der Waals surface area contributed by atoms with Crippen molar-refractivity contribution in [1.29, 1.82) is 0 Å². The quantitative estimate of drug-likeness (QED) is 0.671. The molecule has 1 aromatic heterocycles. The van der Waals surface area contributed by atoms with Gasteiger partial charge in [-0.25, -0.2) is 4.79 Å². The van der Waals surface area contributed by atoms with Gasteiger partial charge in [-0.15, -0.1) is 5.10 Å². The minimum Gasteiger partial charge on any atom is -0.319 e. The zero-order valence-corrected chi connectivity index (χ0v) is 15.6. The van der Waals surface area contributed by atoms with E-state index in [9.17, 15) is 4.79 Å². The molecular weight excluding hydrogens is 336 g/mol. The van der Waals surface area contributed by atoms with Crippen LogP contribution < -0.4 is 0 Å². The highest BCUT2D eigenvalue weighted by atomic mass is 16.2. The Kier molecular flexibility index (Phi) is 5.01. The van der Waals surface area contributed by atoms with E-state index < -0.39 is 0 Å². The number of likely N-dealkylation sites (tertiary alicyclic amines) is 1. The van der Waals surface area contributed by atoms with Gasteiger partial charge in [0.2, 0.25) is 0 Å². The van der Waals surface area contributed by atoms with Gasteiger partial charge in [-0.2, -0.15) is 5.10 Å². The summed E-state index contributed by atoms with van der Waals surface area (Å²) in [5.41, 5.74) is 4.01. The highest BCUT2D eigenvalue weighted by molar-refractivity contribution is 5.76. The van der Waals surface area contributed by atoms with E-state index in [2.05, 4.69) is 41.4 Å². The predicted octanol–water partition coefficient (Wildman–Crippen LogP) is 4.84. The summed E-state index contributed by atoms with van der Waals surface area (Å²) in [4.78, 5) is 16.0. The van der Waals surface area contributed by atoms with Crippen LogP contribution in [0.4, 0.5) is 4.79 Å². The van der Waals surface area contributed by atoms with Crippen LogP contribution in [-0.2, 0) is 0 Å². The fraction of sp³-hybridized carbons (Fsp3) is 0.318. The molecule has 0 radical (unpaired) electrons. The average Bonchev–Trinajstić information content (AvgIpc) is 3.24. The van der Waals surface area contributed by atoms with Crippen LogP contribution in [0.15, 0.2) is 60.8 Å². The highest BCUT2D eigenvalue weighted by Gasteiger charge is 2.27. The lowest BCUT2D eigenvalue weighted by atomic mass is 10.0. The lowest BCUT2D eigenvalue weighted by Crippen LogP contribution is -2.46. The standard InChI is InChI=1S/C22H24N4O/c1-2-20-10-6-7-15-25(20)22(27)26-23-16-21(24-26)19-13-11-18(12-14-19)17-8-4-3-5-9-17/h3-5,8-9,11-14,16,20H,2,6-7,10,15H2,1H3. The van der Waals surface area contributed by atoms with Crippen LogP contribution in [0.25, 0.3) is 22.4 Å². The molecule has 1 atom stereocenters. The minimum absolute atomic E-state index is 0.117. The van der Waals surface area contributed by atoms with Crippen molar-refractivity contribution in [3.8, 4) is 22.4 Å². The Morgan fingerprint density at radius 2 is 1.70 bits per heavy atom. The monoisotopic (exact) mass is 360 g/mol. The molecule has 1 aliphatic heterocycles. The lowest BCUT2D eigenvalue weighted by Gasteiger charge is -2.34. The molecular formula is C22H24N4O. The second-order valence-corrected chi connectivity index (χ2v) is 7.00. The van der Waals surface area contributed by atoms with E-state index in [4.69, 9.17) is 0 Å². The second-order valence-electron chi connectivity index (χ2n) is 7.00. The Balaban J connectivity index is 1.53. The first-order valence-corrected chi connectivity index (χ1v) is 9.65. The summed E-state index contributed by atoms with van der Waals surface area (Å²) >= 11 is 0. The number of benzene rings is 2. The molecule has 0 N–H and O–H groups in total. The summed E-state index contributed by atoms with van der Waals surface area (Å²) in [6, 6.07) is 18.6. The van der Waals surface area contributed by atoms with Gasteiger partial charge in [0.1, 0.15) is 5.69 Å². The maximum atomic E-state index is 12.8. The van der Waals surface area contributed by atoms with Gasteiger partial charge in [-0.05, 0) is 36.8 Å². The SMILES string of the molecule is CCC1CCCCN1C(=O)n1ncc(-c2ccc(-c3ccccc3)cc2)n1. The molecule has 4 rings (SSSR count). The molecule has 5 nitrogen and oxygen atoms in total. The number of nitrogens with zero attached hydrogens (tertiary/aromatic N) is 4. The van der Waals surface area contributed by atoms with Crippen molar-refractivity contribution in [3.05, 3.63) is 60.8 Å². The molecule has 0 spiro atoms. The maximum Gasteiger partial charge on any atom is 0.362 e. The summed E-state index contributed by atoms with van der Waals surface area (Å²) in [5, 5.41) is 8.67. The number of amides is 1. The van der Waals surface area contributed by atoms with Crippen molar-refractivity contribution in [2.45, 2.75) is 38.6 Å². The van der Waals surface area contributed by atoms with E-state index >= 15 is 0 Å². The number of aromatic nitrogens is 3. The topological polar surface area (TPSA) is 51.0 Å². The third kappa shape index (κ3) is 3.63. The van der Waals surface area contributed by atoms with E-state index in [-0.39, 0.29) is 6.03 Å². The van der Waals surface area contributed by atoms with Gasteiger partial charge < -0.3 is 4.90 Å². The van der Waals surface area contributed by atoms with Crippen molar-refractivity contribution < 1.29 is 4.79 Å². The fourth-order valence-electron chi connectivity index (χ4n) is 3.74. The molecule has 1 fully saturated rings. The van der Waals surface area contributed by atoms with Gasteiger partial charge in [0.25, 0.3) is 0 Å². The van der Waals surface area contributed by atoms with Gasteiger partial charge in [-0.1, -0.05) is 66.3 Å². The van der Waals surface area contributed by atoms with Crippen molar-refractivity contribution in [2.75, 3.05) is 6.54 Å². The van der Waals surface area contributed by atoms with E-state index in [1.807, 2.05) is 35.2 Å². The molecule has 1 amide bonds. The normalized spacial score (nSPS) is 17.1. The maximum absolute atomic E-state index is 12.8. The van der Waals surface area contributed by atoms with Gasteiger partial charge in [0.05, 0.1) is 6.20 Å². The molecule has 0 aliphatic carbocycles. The van der Waals surface area contributed by atoms with E-state index in [1.165, 1.54) is 16.8 Å². The summed E-state index contributed by atoms with van der Waals surface area (Å²) in [5.74, 6) is 0. The smallest absolute Gasteiger partial charge is 0.319 e. The van der Waals surface area contributed by atoms with Crippen molar-refractivity contribution >= 4 is 6.03 Å². The average molecular weight is 360 g/mol. The van der Waals surface area contributed by atoms with Gasteiger partial charge >= 0.3 is 6.03 Å². The molecule has 138 valence electrons. The Hall–Kier alpha value is -2.95. The van der Waals surface area contributed by atoms with Crippen LogP contribution in [-0.4, -0.2) is 38.5 Å². The highest BCUT2D eigenvalue weighted by Crippen LogP contribution is 2.24. The summed E-state index contributed by atoms with van der Waals surface area (Å²) in [6.07, 6.45) is 5.95. The molecule has 0 bridgehead atoms. The zero-order chi connectivity index (χ0) is 18.6. The van der Waals surface area contributed by atoms with E-state index in [0.717, 1.165) is 36.9 Å². The molecule has 0 saturated carbocycles. The molecule has 2 aromatic carbocycles. The number of hydrogen-bond acceptors (Lipinski definition) is 3. The Labute approximate surface area is 159 Å². The Morgan fingerprint density at radius 3 is 2.44 bits per heavy atom. The van der Waals surface area contributed by atoms with Crippen LogP contribution in [0, 0.1) is 0 Å². The number of hydrogen-bond donors (Lipinski definition) is 0. The van der Waals surface area contributed by atoms with Crippen LogP contribution in [0.5, 0.6) is 0 Å². The summed E-state index contributed by atoms with van der Waals surface area (Å²) in [7, 11) is 0. The molecule has 2 heterocycles. The number of carbonyl (C=O) groups is 1. The molecule has 27 heavy (non-hydrogen) atoms. The molecule has 5 heteroatoms. The number of piperidine rings is 1. The Morgan fingerprint density at radius 1 is 1.00 bits per heavy atom. The molecule has 1 unspecified atom stereocenters. The molecule has 1 saturated heterocycles. The lowest BCUT2D eigenvalue weighted by molar-refractivity contribution is 0.144. The predicted molar refractivity (Wildman–Crippen MR) is 106 cm³/mol. The third-order valence-corrected chi connectivity index (χ3v) is 5.29. The summed E-state index contributed by atoms with van der Waals surface area (Å²) in [6.45, 7) is 2.92. The first-order valence-electron chi connectivity index (χ1n) is 9.65. The summed E-state index contributed by atoms with van der Waals surface area (Å²) < 4.78 is 0. The van der Waals surface area contributed by atoms with Crippen LogP contribution in [0.1, 0.15) is 32.6 Å². The minimum atomic E-state index is -0.117. The zero-order valence-electron chi connectivity index (χ0n) is 15.6. The number of carbonyl (C=O) groups excluding carboxylic acids is 1. The third-order valence-electron chi connectivity index (χ3n) is 5.29. The largest absolute Gasteiger partial charge is 0.362 e. The van der Waals surface area contributed by atoms with Crippen molar-refractivity contribution in [2.24, 2.45) is 0 Å². The number of rotatable bonds is 3. The van der Waals surface area contributed by atoms with Gasteiger partial charge in [-0.3, -0.25) is 0 Å². The fourth-order valence-corrected chi connectivity index (χ4v) is 3.74. The van der Waals surface area contributed by atoms with Crippen molar-refractivity contribution in [3.63, 3.8) is 0 Å². The van der Waals surface area contributed by atoms with E-state index in [0.29, 0.717) is 11.7 Å². The molecule has 1 aliphatic rings. The van der Waals surface area contributed by atoms with Gasteiger partial charge in [0, 0.05) is 18.2 Å². The van der Waals surface area contributed by atoms with E-state index in [1.54, 1.807) is 6.20 Å². The first kappa shape index (κ1) is 17.5. The first-order chi connectivity index (χ1) is 13.3. The van der Waals surface area contributed by atoms with Gasteiger partial charge in [0.15, 0.2) is 0 Å². The van der Waals surface area contributed by atoms with Crippen LogP contribution in [0.2, 0.25) is 0 Å². The molecule has 3 aromatic rings. The van der Waals surface area contributed by atoms with Crippen molar-refractivity contribution in [1.82, 2.24) is 19.9 Å². The second kappa shape index (κ2) is 7.74.